The lowest BCUT2D eigenvalue weighted by Crippen LogP contribution is -2.13. The van der Waals surface area contributed by atoms with Gasteiger partial charge in [-0.15, -0.1) is 11.8 Å². The molecule has 0 saturated carbocycles. The van der Waals surface area contributed by atoms with E-state index in [1.54, 1.807) is 37.1 Å². The minimum Gasteiger partial charge on any atom is -0.497 e. The second-order valence-electron chi connectivity index (χ2n) is 5.28. The van der Waals surface area contributed by atoms with E-state index >= 15 is 0 Å². The van der Waals surface area contributed by atoms with Gasteiger partial charge in [0.15, 0.2) is 5.78 Å². The number of benzene rings is 2. The van der Waals surface area contributed by atoms with Gasteiger partial charge < -0.3 is 10.1 Å². The van der Waals surface area contributed by atoms with Crippen molar-refractivity contribution >= 4 is 29.1 Å². The molecule has 2 rings (SSSR count). The van der Waals surface area contributed by atoms with Crippen LogP contribution < -0.4 is 10.1 Å². The maximum atomic E-state index is 12.0. The van der Waals surface area contributed by atoms with Gasteiger partial charge in [0.1, 0.15) is 5.75 Å². The Bertz CT molecular complexity index is 698. The summed E-state index contributed by atoms with van der Waals surface area (Å²) < 4.78 is 5.12. The average molecular weight is 343 g/mol. The summed E-state index contributed by atoms with van der Waals surface area (Å²) in [7, 11) is 1.64. The Labute approximate surface area is 146 Å². The van der Waals surface area contributed by atoms with Crippen molar-refractivity contribution in [3.05, 3.63) is 54.1 Å². The fourth-order valence-electron chi connectivity index (χ4n) is 2.21. The Kier molecular flexibility index (Phi) is 6.88. The number of amides is 1. The number of rotatable bonds is 8. The first kappa shape index (κ1) is 18.1. The van der Waals surface area contributed by atoms with Gasteiger partial charge in [-0.3, -0.25) is 9.59 Å². The highest BCUT2D eigenvalue weighted by molar-refractivity contribution is 7.99. The summed E-state index contributed by atoms with van der Waals surface area (Å²) in [6.45, 7) is 1.50. The second kappa shape index (κ2) is 9.13. The number of ether oxygens (including phenoxy) is 1. The lowest BCUT2D eigenvalue weighted by atomic mass is 10.1. The van der Waals surface area contributed by atoms with E-state index in [1.165, 1.54) is 6.92 Å². The number of anilines is 1. The number of carbonyl (C=O) groups is 2. The summed E-state index contributed by atoms with van der Waals surface area (Å²) in [5, 5.41) is 2.82. The van der Waals surface area contributed by atoms with Crippen molar-refractivity contribution < 1.29 is 14.3 Å². The lowest BCUT2D eigenvalue weighted by molar-refractivity contribution is -0.116. The molecule has 0 saturated heterocycles. The molecule has 0 aromatic heterocycles. The monoisotopic (exact) mass is 343 g/mol. The number of ketones is 1. The molecular formula is C19H21NO3S. The fraction of sp³-hybridized carbons (Fsp3) is 0.263. The lowest BCUT2D eigenvalue weighted by Gasteiger charge is -2.09. The topological polar surface area (TPSA) is 55.4 Å². The van der Waals surface area contributed by atoms with Crippen molar-refractivity contribution in [1.82, 2.24) is 0 Å². The Morgan fingerprint density at radius 2 is 1.79 bits per heavy atom. The number of hydrogen-bond acceptors (Lipinski definition) is 4. The molecule has 0 bridgehead atoms. The van der Waals surface area contributed by atoms with E-state index in [-0.39, 0.29) is 11.7 Å². The first-order valence-corrected chi connectivity index (χ1v) is 8.75. The van der Waals surface area contributed by atoms with Crippen LogP contribution in [0, 0.1) is 0 Å². The zero-order valence-electron chi connectivity index (χ0n) is 13.9. The molecular weight excluding hydrogens is 322 g/mol. The molecule has 0 radical (unpaired) electrons. The van der Waals surface area contributed by atoms with Crippen LogP contribution in [0.5, 0.6) is 5.75 Å². The number of para-hydroxylation sites is 1. The van der Waals surface area contributed by atoms with Crippen LogP contribution in [0.25, 0.3) is 0 Å². The van der Waals surface area contributed by atoms with E-state index in [0.717, 1.165) is 22.8 Å². The normalized spacial score (nSPS) is 10.2. The minimum atomic E-state index is -0.0703. The molecule has 0 fully saturated rings. The summed E-state index contributed by atoms with van der Waals surface area (Å²) in [5.41, 5.74) is 1.12. The Balaban J connectivity index is 1.76. The van der Waals surface area contributed by atoms with Gasteiger partial charge in [-0.2, -0.15) is 0 Å². The molecule has 0 aliphatic carbocycles. The van der Waals surface area contributed by atoms with Crippen molar-refractivity contribution in [2.24, 2.45) is 0 Å². The molecule has 1 N–H and O–H groups in total. The van der Waals surface area contributed by atoms with Crippen LogP contribution in [0.1, 0.15) is 30.1 Å². The van der Waals surface area contributed by atoms with E-state index in [1.807, 2.05) is 30.3 Å². The highest BCUT2D eigenvalue weighted by Gasteiger charge is 2.09. The summed E-state index contributed by atoms with van der Waals surface area (Å²) in [6, 6.07) is 14.9. The molecule has 4 nitrogen and oxygen atoms in total. The number of Topliss-reactive ketones (excluding diaryl/α,β-unsaturated/α-hetero) is 1. The van der Waals surface area contributed by atoms with Gasteiger partial charge >= 0.3 is 0 Å². The number of nitrogens with one attached hydrogen (secondary N) is 1. The predicted octanol–water partition coefficient (Wildman–Crippen LogP) is 4.41. The third-order valence-electron chi connectivity index (χ3n) is 3.46. The summed E-state index contributed by atoms with van der Waals surface area (Å²) >= 11 is 1.71. The van der Waals surface area contributed by atoms with Gasteiger partial charge in [-0.25, -0.2) is 0 Å². The van der Waals surface area contributed by atoms with E-state index in [4.69, 9.17) is 4.74 Å². The zero-order valence-corrected chi connectivity index (χ0v) is 14.7. The van der Waals surface area contributed by atoms with E-state index in [0.29, 0.717) is 17.7 Å². The number of thioether (sulfide) groups is 1. The molecule has 2 aromatic rings. The zero-order chi connectivity index (χ0) is 17.4. The molecule has 2 aromatic carbocycles. The van der Waals surface area contributed by atoms with Crippen LogP contribution in [-0.2, 0) is 4.79 Å². The summed E-state index contributed by atoms with van der Waals surface area (Å²) in [4.78, 5) is 24.7. The molecule has 1 amide bonds. The van der Waals surface area contributed by atoms with Crippen LogP contribution >= 0.6 is 11.8 Å². The maximum Gasteiger partial charge on any atom is 0.224 e. The predicted molar refractivity (Wildman–Crippen MR) is 98.0 cm³/mol. The molecule has 5 heteroatoms. The van der Waals surface area contributed by atoms with Gasteiger partial charge in [0, 0.05) is 16.9 Å². The molecule has 0 aliphatic rings. The van der Waals surface area contributed by atoms with Crippen molar-refractivity contribution in [3.63, 3.8) is 0 Å². The molecule has 0 atom stereocenters. The molecule has 0 aliphatic heterocycles. The largest absolute Gasteiger partial charge is 0.497 e. The Morgan fingerprint density at radius 1 is 1.08 bits per heavy atom. The van der Waals surface area contributed by atoms with Gasteiger partial charge in [-0.05, 0) is 55.5 Å². The fourth-order valence-corrected chi connectivity index (χ4v) is 3.06. The van der Waals surface area contributed by atoms with Crippen molar-refractivity contribution in [2.45, 2.75) is 24.7 Å². The van der Waals surface area contributed by atoms with Gasteiger partial charge in [0.25, 0.3) is 0 Å². The van der Waals surface area contributed by atoms with Crippen molar-refractivity contribution in [1.29, 1.82) is 0 Å². The first-order chi connectivity index (χ1) is 11.6. The third-order valence-corrected chi connectivity index (χ3v) is 4.56. The van der Waals surface area contributed by atoms with Gasteiger partial charge in [0.05, 0.1) is 12.8 Å². The van der Waals surface area contributed by atoms with Crippen LogP contribution in [-0.4, -0.2) is 24.6 Å². The standard InChI is InChI=1S/C19H21NO3S/c1-14(21)17-6-3-4-7-18(17)20-19(22)8-5-13-24-16-11-9-15(23-2)10-12-16/h3-4,6-7,9-12H,5,8,13H2,1-2H3,(H,20,22). The first-order valence-electron chi connectivity index (χ1n) is 7.77. The maximum absolute atomic E-state index is 12.0. The Morgan fingerprint density at radius 3 is 2.46 bits per heavy atom. The van der Waals surface area contributed by atoms with Crippen LogP contribution in [0.4, 0.5) is 5.69 Å². The second-order valence-corrected chi connectivity index (χ2v) is 6.45. The highest BCUT2D eigenvalue weighted by Crippen LogP contribution is 2.22. The molecule has 0 heterocycles. The number of methoxy groups -OCH3 is 1. The van der Waals surface area contributed by atoms with E-state index in [9.17, 15) is 9.59 Å². The van der Waals surface area contributed by atoms with E-state index in [2.05, 4.69) is 5.32 Å². The summed E-state index contributed by atoms with van der Waals surface area (Å²) in [6.07, 6.45) is 1.19. The van der Waals surface area contributed by atoms with Crippen LogP contribution in [0.15, 0.2) is 53.4 Å². The SMILES string of the molecule is COc1ccc(SCCCC(=O)Nc2ccccc2C(C)=O)cc1. The molecule has 24 heavy (non-hydrogen) atoms. The Hall–Kier alpha value is -2.27. The number of carbonyl (C=O) groups excluding carboxylic acids is 2. The third kappa shape index (κ3) is 5.42. The smallest absolute Gasteiger partial charge is 0.224 e. The van der Waals surface area contributed by atoms with E-state index < -0.39 is 0 Å². The van der Waals surface area contributed by atoms with Crippen molar-refractivity contribution in [3.8, 4) is 5.75 Å². The molecule has 0 spiro atoms. The van der Waals surface area contributed by atoms with Gasteiger partial charge in [0.2, 0.25) is 5.91 Å². The molecule has 0 unspecified atom stereocenters. The van der Waals surface area contributed by atoms with Gasteiger partial charge in [-0.1, -0.05) is 12.1 Å². The van der Waals surface area contributed by atoms with Crippen LogP contribution in [0.2, 0.25) is 0 Å². The van der Waals surface area contributed by atoms with Crippen molar-refractivity contribution in [2.75, 3.05) is 18.2 Å². The van der Waals surface area contributed by atoms with Crippen LogP contribution in [0.3, 0.4) is 0 Å². The molecule has 126 valence electrons. The number of hydrogen-bond donors (Lipinski definition) is 1. The quantitative estimate of drug-likeness (QED) is 0.438. The minimum absolute atomic E-state index is 0.0547. The highest BCUT2D eigenvalue weighted by atomic mass is 32.2. The average Bonchev–Trinajstić information content (AvgIpc) is 2.59. The summed E-state index contributed by atoms with van der Waals surface area (Å²) in [5.74, 6) is 1.57.